The Bertz CT molecular complexity index is 983. The summed E-state index contributed by atoms with van der Waals surface area (Å²) in [7, 11) is 0. The van der Waals surface area contributed by atoms with E-state index in [2.05, 4.69) is 0 Å². The van der Waals surface area contributed by atoms with Gasteiger partial charge in [-0.1, -0.05) is 16.6 Å². The number of nitrogens with zero attached hydrogens (tertiary/aromatic N) is 2. The van der Waals surface area contributed by atoms with Crippen LogP contribution in [0.15, 0.2) is 5.21 Å². The quantitative estimate of drug-likeness (QED) is 0.0970. The van der Waals surface area contributed by atoms with Crippen LogP contribution in [0.3, 0.4) is 0 Å². The summed E-state index contributed by atoms with van der Waals surface area (Å²) >= 11 is 0. The van der Waals surface area contributed by atoms with Crippen molar-refractivity contribution in [1.29, 1.82) is 0 Å². The minimum Gasteiger partial charge on any atom is -0.291 e. The molecule has 0 aromatic rings. The van der Waals surface area contributed by atoms with Crippen molar-refractivity contribution < 1.29 is 110 Å². The molecule has 0 N–H and O–H groups in total. The Kier molecular flexibility index (Phi) is 9.85. The van der Waals surface area contributed by atoms with Crippen LogP contribution in [-0.2, 0) is 0 Å². The van der Waals surface area contributed by atoms with Crippen molar-refractivity contribution in [3.63, 3.8) is 0 Å². The summed E-state index contributed by atoms with van der Waals surface area (Å²) < 4.78 is 334. The van der Waals surface area contributed by atoms with Gasteiger partial charge in [0.05, 0.1) is 0 Å². The molecule has 0 spiro atoms. The third-order valence-corrected chi connectivity index (χ3v) is 4.92. The van der Waals surface area contributed by atoms with Gasteiger partial charge in [-0.2, -0.15) is 101 Å². The minimum atomic E-state index is -9.30. The molecule has 27 heteroatoms. The van der Waals surface area contributed by atoms with Gasteiger partial charge in [-0.05, 0) is 6.42 Å². The van der Waals surface area contributed by atoms with Crippen molar-refractivity contribution >= 4 is 5.84 Å². The Hall–Kier alpha value is -2.28. The molecule has 42 heavy (non-hydrogen) atoms. The highest BCUT2D eigenvalue weighted by Crippen LogP contribution is 2.64. The summed E-state index contributed by atoms with van der Waals surface area (Å²) in [5.74, 6) is -58.1. The molecular formula is C15H7F25N2. The van der Waals surface area contributed by atoms with Gasteiger partial charge in [0.25, 0.3) is 0 Å². The molecule has 1 atom stereocenters. The summed E-state index contributed by atoms with van der Waals surface area (Å²) in [6.07, 6.45) is -26.5. The van der Waals surface area contributed by atoms with Crippen LogP contribution in [0.1, 0.15) is 13.3 Å². The lowest BCUT2D eigenvalue weighted by Crippen LogP contribution is -2.79. The van der Waals surface area contributed by atoms with E-state index in [1.54, 1.807) is 0 Å². The zero-order chi connectivity index (χ0) is 34.8. The summed E-state index contributed by atoms with van der Waals surface area (Å²) in [5.41, 5.74) is -9.01. The normalized spacial score (nSPS) is 17.8. The summed E-state index contributed by atoms with van der Waals surface area (Å²) in [4.78, 5) is -3.36. The summed E-state index contributed by atoms with van der Waals surface area (Å²) in [6.45, 7) is -3.03. The van der Waals surface area contributed by atoms with Gasteiger partial charge in [-0.3, -0.25) is 4.90 Å². The van der Waals surface area contributed by atoms with Gasteiger partial charge >= 0.3 is 65.8 Å². The maximum absolute atomic E-state index is 15.1. The van der Waals surface area contributed by atoms with Crippen LogP contribution in [0.2, 0.25) is 0 Å². The van der Waals surface area contributed by atoms with E-state index in [0.717, 1.165) is 0 Å². The molecule has 2 nitrogen and oxygen atoms in total. The molecule has 0 saturated heterocycles. The van der Waals surface area contributed by atoms with Crippen molar-refractivity contribution in [1.82, 2.24) is 4.90 Å². The maximum Gasteiger partial charge on any atom is 0.460 e. The molecule has 0 aromatic carbocycles. The fourth-order valence-electron chi connectivity index (χ4n) is 2.69. The third kappa shape index (κ3) is 5.11. The highest BCUT2D eigenvalue weighted by molar-refractivity contribution is 5.93. The summed E-state index contributed by atoms with van der Waals surface area (Å²) in [6, 6.07) is -8.14. The lowest BCUT2D eigenvalue weighted by molar-refractivity contribution is -0.433. The lowest BCUT2D eigenvalue weighted by Gasteiger charge is -2.48. The first-order valence-electron chi connectivity index (χ1n) is 9.40. The molecule has 0 amide bonds. The van der Waals surface area contributed by atoms with E-state index in [1.165, 1.54) is 0 Å². The van der Waals surface area contributed by atoms with Gasteiger partial charge in [-0.15, -0.1) is 0 Å². The average Bonchev–Trinajstić information content (AvgIpc) is 2.75. The number of amidine groups is 1. The Labute approximate surface area is 213 Å². The van der Waals surface area contributed by atoms with Crippen LogP contribution >= 0.6 is 0 Å². The molecule has 1 unspecified atom stereocenters. The predicted molar refractivity (Wildman–Crippen MR) is 82.2 cm³/mol. The molecule has 0 aromatic heterocycles. The molecular weight excluding hydrogens is 683 g/mol. The molecule has 0 radical (unpaired) electrons. The van der Waals surface area contributed by atoms with Gasteiger partial charge < -0.3 is 0 Å². The van der Waals surface area contributed by atoms with Crippen molar-refractivity contribution in [2.75, 3.05) is 6.54 Å². The topological polar surface area (TPSA) is 15.6 Å². The Morgan fingerprint density at radius 1 is 0.452 bits per heavy atom. The first-order valence-corrected chi connectivity index (χ1v) is 9.40. The largest absolute Gasteiger partial charge is 0.460 e. The van der Waals surface area contributed by atoms with Crippen LogP contribution in [0.4, 0.5) is 110 Å². The first-order chi connectivity index (χ1) is 17.9. The van der Waals surface area contributed by atoms with Crippen LogP contribution < -0.4 is 0 Å². The van der Waals surface area contributed by atoms with E-state index in [1.807, 2.05) is 0 Å². The SMILES string of the molecule is CCCN(C(=NF)C(F)(C(F)(F)C(F)(F)F)C(F)(F)C(F)(F)C(F)(F)C(F)(F)F)C(F)(F)C(F)(F)C(F)(F)C(F)(F)F. The molecule has 0 bridgehead atoms. The third-order valence-electron chi connectivity index (χ3n) is 4.92. The molecule has 0 saturated carbocycles. The predicted octanol–water partition coefficient (Wildman–Crippen LogP) is 8.78. The van der Waals surface area contributed by atoms with E-state index in [0.29, 0.717) is 0 Å². The first kappa shape index (κ1) is 39.7. The Balaban J connectivity index is 8.24. The van der Waals surface area contributed by atoms with Gasteiger partial charge in [0, 0.05) is 6.54 Å². The number of halogens is 25. The minimum absolute atomic E-state index is 0.0844. The smallest absolute Gasteiger partial charge is 0.291 e. The Morgan fingerprint density at radius 2 is 0.762 bits per heavy atom. The fourth-order valence-corrected chi connectivity index (χ4v) is 2.69. The molecule has 0 aliphatic carbocycles. The number of alkyl halides is 24. The zero-order valence-electron chi connectivity index (χ0n) is 18.8. The van der Waals surface area contributed by atoms with Crippen LogP contribution in [0, 0.1) is 0 Å². The van der Waals surface area contributed by atoms with Crippen molar-refractivity contribution in [3.8, 4) is 0 Å². The van der Waals surface area contributed by atoms with E-state index in [9.17, 15) is 105 Å². The van der Waals surface area contributed by atoms with Gasteiger partial charge in [0.1, 0.15) is 0 Å². The maximum atomic E-state index is 15.1. The standard InChI is InChI=1S/C15H7F25N2/c1-2-3-42(15(38,39)11(27,28)10(25,26)14(35,36)37)4(41-40)5(16,7(19,20)12(29,30)31)6(17,18)8(21,22)9(23,24)13(32,33)34/h2-3H2,1H3. The monoisotopic (exact) mass is 690 g/mol. The average molecular weight is 690 g/mol. The number of hydrogen-bond acceptors (Lipinski definition) is 1. The van der Waals surface area contributed by atoms with E-state index >= 15 is 4.39 Å². The fraction of sp³-hybridized carbons (Fsp3) is 0.933. The highest BCUT2D eigenvalue weighted by Gasteiger charge is 2.95. The number of hydrogen-bond donors (Lipinski definition) is 0. The Morgan fingerprint density at radius 3 is 1.02 bits per heavy atom. The molecule has 0 aliphatic heterocycles. The summed E-state index contributed by atoms with van der Waals surface area (Å²) in [5, 5.41) is -0.0844. The molecule has 0 aliphatic rings. The second kappa shape index (κ2) is 10.4. The van der Waals surface area contributed by atoms with Crippen LogP contribution in [0.25, 0.3) is 0 Å². The van der Waals surface area contributed by atoms with E-state index in [4.69, 9.17) is 0 Å². The molecule has 0 fully saturated rings. The van der Waals surface area contributed by atoms with Gasteiger partial charge in [0.2, 0.25) is 0 Å². The second-order valence-electron chi connectivity index (χ2n) is 7.70. The van der Waals surface area contributed by atoms with E-state index < -0.39 is 89.5 Å². The van der Waals surface area contributed by atoms with Gasteiger partial charge in [-0.25, -0.2) is 4.39 Å². The van der Waals surface area contributed by atoms with Crippen molar-refractivity contribution in [2.24, 2.45) is 5.21 Å². The molecule has 0 rings (SSSR count). The van der Waals surface area contributed by atoms with Crippen molar-refractivity contribution in [2.45, 2.75) is 79.1 Å². The lowest BCUT2D eigenvalue weighted by atomic mass is 9.81. The molecule has 252 valence electrons. The van der Waals surface area contributed by atoms with Crippen molar-refractivity contribution in [3.05, 3.63) is 0 Å². The highest BCUT2D eigenvalue weighted by atomic mass is 19.4. The van der Waals surface area contributed by atoms with Crippen LogP contribution in [0.5, 0.6) is 0 Å². The van der Waals surface area contributed by atoms with Gasteiger partial charge in [0.15, 0.2) is 5.84 Å². The number of rotatable bonds is 10. The molecule has 0 heterocycles. The van der Waals surface area contributed by atoms with E-state index in [-0.39, 0.29) is 12.1 Å². The van der Waals surface area contributed by atoms with Crippen LogP contribution in [-0.4, -0.2) is 83.1 Å². The second-order valence-corrected chi connectivity index (χ2v) is 7.70. The zero-order valence-corrected chi connectivity index (χ0v) is 18.8.